The van der Waals surface area contributed by atoms with E-state index in [1.807, 2.05) is 35.2 Å². The zero-order chi connectivity index (χ0) is 22.1. The van der Waals surface area contributed by atoms with Crippen molar-refractivity contribution in [2.24, 2.45) is 0 Å². The lowest BCUT2D eigenvalue weighted by atomic mass is 10.2. The Bertz CT molecular complexity index is 1350. The summed E-state index contributed by atoms with van der Waals surface area (Å²) < 4.78 is 29.2. The summed E-state index contributed by atoms with van der Waals surface area (Å²) in [5, 5.41) is 8.80. The van der Waals surface area contributed by atoms with Crippen molar-refractivity contribution in [3.63, 3.8) is 0 Å². The second kappa shape index (κ2) is 8.45. The van der Waals surface area contributed by atoms with Crippen LogP contribution in [0.1, 0.15) is 5.56 Å². The van der Waals surface area contributed by atoms with Crippen LogP contribution in [0.4, 0.5) is 5.82 Å². The van der Waals surface area contributed by atoms with Crippen molar-refractivity contribution >= 4 is 38.6 Å². The highest BCUT2D eigenvalue weighted by atomic mass is 35.5. The number of aromatic nitrogens is 5. The smallest absolute Gasteiger partial charge is 0.244 e. The monoisotopic (exact) mass is 469 g/mol. The summed E-state index contributed by atoms with van der Waals surface area (Å²) in [6.07, 6.45) is 1.50. The summed E-state index contributed by atoms with van der Waals surface area (Å²) in [5.74, 6) is 0.657. The minimum absolute atomic E-state index is 0.128. The van der Waals surface area contributed by atoms with Gasteiger partial charge >= 0.3 is 0 Å². The molecule has 0 aliphatic carbocycles. The van der Waals surface area contributed by atoms with E-state index in [2.05, 4.69) is 20.3 Å². The van der Waals surface area contributed by atoms with Crippen LogP contribution in [0.2, 0.25) is 5.02 Å². The Balaban J connectivity index is 1.36. The number of benzene rings is 2. The van der Waals surface area contributed by atoms with Crippen molar-refractivity contribution in [2.45, 2.75) is 11.4 Å². The quantitative estimate of drug-likeness (QED) is 0.442. The standard InChI is InChI=1S/C21H20ClN7O2S/c22-17-8-4-5-9-18(17)32(30,31)28-12-10-27(11-13-28)20-19-21(24-15-23-20)29(26-25-19)14-16-6-2-1-3-7-16/h1-9,15H,10-14H2. The van der Waals surface area contributed by atoms with Crippen LogP contribution in [0.25, 0.3) is 11.2 Å². The van der Waals surface area contributed by atoms with E-state index in [0.29, 0.717) is 49.7 Å². The average molecular weight is 470 g/mol. The predicted molar refractivity (Wildman–Crippen MR) is 121 cm³/mol. The first-order valence-corrected chi connectivity index (χ1v) is 11.9. The van der Waals surface area contributed by atoms with Crippen molar-refractivity contribution in [1.29, 1.82) is 0 Å². The molecular formula is C21H20ClN7O2S. The van der Waals surface area contributed by atoms with Crippen molar-refractivity contribution < 1.29 is 8.42 Å². The Morgan fingerprint density at radius 3 is 2.38 bits per heavy atom. The highest BCUT2D eigenvalue weighted by Gasteiger charge is 2.31. The van der Waals surface area contributed by atoms with Gasteiger partial charge in [-0.05, 0) is 17.7 Å². The minimum atomic E-state index is -3.66. The second-order valence-corrected chi connectivity index (χ2v) is 9.74. The third-order valence-electron chi connectivity index (χ3n) is 5.45. The van der Waals surface area contributed by atoms with E-state index in [-0.39, 0.29) is 9.92 Å². The van der Waals surface area contributed by atoms with Gasteiger partial charge in [0, 0.05) is 26.2 Å². The molecule has 2 aromatic heterocycles. The van der Waals surface area contributed by atoms with E-state index in [1.165, 1.54) is 16.7 Å². The number of anilines is 1. The van der Waals surface area contributed by atoms with Gasteiger partial charge in [-0.2, -0.15) is 4.31 Å². The van der Waals surface area contributed by atoms with Crippen molar-refractivity contribution in [2.75, 3.05) is 31.1 Å². The molecule has 32 heavy (non-hydrogen) atoms. The summed E-state index contributed by atoms with van der Waals surface area (Å²) in [6, 6.07) is 16.5. The first kappa shape index (κ1) is 20.8. The summed E-state index contributed by atoms with van der Waals surface area (Å²) in [7, 11) is -3.66. The first-order valence-electron chi connectivity index (χ1n) is 10.1. The lowest BCUT2D eigenvalue weighted by Gasteiger charge is -2.34. The third-order valence-corrected chi connectivity index (χ3v) is 7.85. The zero-order valence-corrected chi connectivity index (χ0v) is 18.6. The maximum Gasteiger partial charge on any atom is 0.244 e. The molecule has 0 saturated carbocycles. The normalized spacial score (nSPS) is 15.3. The third kappa shape index (κ3) is 3.81. The summed E-state index contributed by atoms with van der Waals surface area (Å²) in [6.45, 7) is 2.13. The maximum absolute atomic E-state index is 13.0. The Morgan fingerprint density at radius 1 is 0.906 bits per heavy atom. The van der Waals surface area contributed by atoms with E-state index in [1.54, 1.807) is 22.9 Å². The van der Waals surface area contributed by atoms with Crippen LogP contribution in [0.3, 0.4) is 0 Å². The molecule has 3 heterocycles. The maximum atomic E-state index is 13.0. The fourth-order valence-corrected chi connectivity index (χ4v) is 5.72. The number of piperazine rings is 1. The van der Waals surface area contributed by atoms with E-state index in [4.69, 9.17) is 11.6 Å². The number of halogens is 1. The fraction of sp³-hybridized carbons (Fsp3) is 0.238. The summed E-state index contributed by atoms with van der Waals surface area (Å²) in [4.78, 5) is 10.9. The molecule has 9 nitrogen and oxygen atoms in total. The Morgan fingerprint density at radius 2 is 1.62 bits per heavy atom. The van der Waals surface area contributed by atoms with Gasteiger partial charge in [-0.25, -0.2) is 23.1 Å². The van der Waals surface area contributed by atoms with Gasteiger partial charge in [0.25, 0.3) is 0 Å². The number of sulfonamides is 1. The van der Waals surface area contributed by atoms with Crippen LogP contribution in [0, 0.1) is 0 Å². The van der Waals surface area contributed by atoms with Gasteiger partial charge in [0.05, 0.1) is 11.6 Å². The van der Waals surface area contributed by atoms with Crippen LogP contribution >= 0.6 is 11.6 Å². The number of nitrogens with zero attached hydrogens (tertiary/aromatic N) is 7. The molecule has 164 valence electrons. The first-order chi connectivity index (χ1) is 15.5. The number of fused-ring (bicyclic) bond motifs is 1. The van der Waals surface area contributed by atoms with Crippen molar-refractivity contribution in [3.05, 3.63) is 71.5 Å². The number of rotatable bonds is 5. The molecule has 0 spiro atoms. The Labute approximate surface area is 190 Å². The van der Waals surface area contributed by atoms with Crippen LogP contribution in [-0.2, 0) is 16.6 Å². The average Bonchev–Trinajstić information content (AvgIpc) is 3.23. The molecule has 0 atom stereocenters. The predicted octanol–water partition coefficient (Wildman–Crippen LogP) is 2.43. The van der Waals surface area contributed by atoms with Gasteiger partial charge in [0.2, 0.25) is 10.0 Å². The largest absolute Gasteiger partial charge is 0.352 e. The highest BCUT2D eigenvalue weighted by molar-refractivity contribution is 7.89. The topological polar surface area (TPSA) is 97.1 Å². The molecule has 1 aliphatic rings. The molecule has 11 heteroatoms. The zero-order valence-electron chi connectivity index (χ0n) is 17.0. The summed E-state index contributed by atoms with van der Waals surface area (Å²) in [5.41, 5.74) is 2.34. The molecule has 2 aromatic carbocycles. The molecule has 0 N–H and O–H groups in total. The SMILES string of the molecule is O=S(=O)(c1ccccc1Cl)N1CCN(c2ncnc3c2nnn3Cc2ccccc2)CC1. The Kier molecular flexibility index (Phi) is 5.50. The van der Waals surface area contributed by atoms with Crippen molar-refractivity contribution in [3.8, 4) is 0 Å². The second-order valence-electron chi connectivity index (χ2n) is 7.42. The molecule has 1 saturated heterocycles. The van der Waals surface area contributed by atoms with E-state index in [9.17, 15) is 8.42 Å². The molecule has 1 fully saturated rings. The minimum Gasteiger partial charge on any atom is -0.352 e. The van der Waals surface area contributed by atoms with Crippen molar-refractivity contribution in [1.82, 2.24) is 29.3 Å². The van der Waals surface area contributed by atoms with E-state index in [0.717, 1.165) is 5.56 Å². The molecule has 0 bridgehead atoms. The lowest BCUT2D eigenvalue weighted by Crippen LogP contribution is -2.49. The molecule has 0 amide bonds. The molecule has 1 aliphatic heterocycles. The van der Waals surface area contributed by atoms with Gasteiger partial charge in [-0.3, -0.25) is 0 Å². The Hall–Kier alpha value is -3.08. The van der Waals surface area contributed by atoms with Crippen LogP contribution in [0.15, 0.2) is 65.8 Å². The summed E-state index contributed by atoms with van der Waals surface area (Å²) >= 11 is 6.13. The molecular weight excluding hydrogens is 450 g/mol. The van der Waals surface area contributed by atoms with Gasteiger partial charge in [-0.1, -0.05) is 59.3 Å². The van der Waals surface area contributed by atoms with E-state index >= 15 is 0 Å². The lowest BCUT2D eigenvalue weighted by molar-refractivity contribution is 0.384. The molecule has 0 unspecified atom stereocenters. The highest BCUT2D eigenvalue weighted by Crippen LogP contribution is 2.27. The van der Waals surface area contributed by atoms with Crippen LogP contribution in [-0.4, -0.2) is 63.9 Å². The number of hydrogen-bond acceptors (Lipinski definition) is 7. The van der Waals surface area contributed by atoms with Gasteiger partial charge in [0.1, 0.15) is 11.2 Å². The van der Waals surface area contributed by atoms with Gasteiger partial charge in [-0.15, -0.1) is 5.10 Å². The van der Waals surface area contributed by atoms with Crippen LogP contribution < -0.4 is 4.90 Å². The molecule has 4 aromatic rings. The van der Waals surface area contributed by atoms with Gasteiger partial charge < -0.3 is 4.90 Å². The molecule has 5 rings (SSSR count). The molecule has 0 radical (unpaired) electrons. The fourth-order valence-electron chi connectivity index (χ4n) is 3.81. The van der Waals surface area contributed by atoms with Gasteiger partial charge in [0.15, 0.2) is 17.0 Å². The van der Waals surface area contributed by atoms with E-state index < -0.39 is 10.0 Å². The van der Waals surface area contributed by atoms with Crippen LogP contribution in [0.5, 0.6) is 0 Å². The number of hydrogen-bond donors (Lipinski definition) is 0.